The molecule has 2 aromatic rings. The third kappa shape index (κ3) is 6.06. The first-order chi connectivity index (χ1) is 15.7. The van der Waals surface area contributed by atoms with E-state index in [4.69, 9.17) is 4.74 Å². The number of carbonyl (C=O) groups is 1. The molecule has 0 bridgehead atoms. The van der Waals surface area contributed by atoms with E-state index in [-0.39, 0.29) is 35.5 Å². The molecule has 3 rings (SSSR count). The van der Waals surface area contributed by atoms with Crippen LogP contribution < -0.4 is 10.2 Å². The highest BCUT2D eigenvalue weighted by Gasteiger charge is 2.32. The van der Waals surface area contributed by atoms with Gasteiger partial charge in [0.25, 0.3) is 5.69 Å². The van der Waals surface area contributed by atoms with E-state index >= 15 is 0 Å². The van der Waals surface area contributed by atoms with E-state index in [2.05, 4.69) is 0 Å². The molecule has 10 nitrogen and oxygen atoms in total. The Morgan fingerprint density at radius 1 is 1.15 bits per heavy atom. The molecule has 1 saturated carbocycles. The molecule has 0 aliphatic heterocycles. The van der Waals surface area contributed by atoms with Crippen LogP contribution >= 0.6 is 0 Å². The number of nitro groups is 1. The quantitative estimate of drug-likeness (QED) is 0.432. The van der Waals surface area contributed by atoms with Gasteiger partial charge in [0.15, 0.2) is 0 Å². The van der Waals surface area contributed by atoms with Crippen molar-refractivity contribution in [2.45, 2.75) is 37.1 Å². The number of ether oxygens (including phenoxy) is 1. The van der Waals surface area contributed by atoms with Crippen LogP contribution in [-0.4, -0.2) is 37.2 Å². The molecule has 0 unspecified atom stereocenters. The number of methoxy groups -OCH3 is 1. The van der Waals surface area contributed by atoms with E-state index < -0.39 is 20.9 Å². The number of hydroxylamine groups is 1. The minimum absolute atomic E-state index is 0.00702. The van der Waals surface area contributed by atoms with Crippen molar-refractivity contribution in [1.82, 2.24) is 9.79 Å². The molecule has 11 heteroatoms. The van der Waals surface area contributed by atoms with Crippen LogP contribution in [0.4, 0.5) is 5.69 Å². The van der Waals surface area contributed by atoms with Gasteiger partial charge in [0, 0.05) is 31.1 Å². The average molecular weight is 477 g/mol. The summed E-state index contributed by atoms with van der Waals surface area (Å²) in [5.41, 5.74) is 1.87. The third-order valence-electron chi connectivity index (χ3n) is 5.96. The fourth-order valence-corrected chi connectivity index (χ4v) is 5.61. The van der Waals surface area contributed by atoms with E-state index in [0.29, 0.717) is 31.4 Å². The largest absolute Gasteiger partial charge is 0.759 e. The first-order valence-electron chi connectivity index (χ1n) is 10.5. The number of hydrogen-bond donors (Lipinski definition) is 1. The second-order valence-electron chi connectivity index (χ2n) is 8.08. The molecule has 178 valence electrons. The number of nitro benzene ring substituents is 1. The fraction of sp³-hybridized carbons (Fsp3) is 0.409. The maximum atomic E-state index is 13.5. The summed E-state index contributed by atoms with van der Waals surface area (Å²) < 4.78 is 33.5. The fourth-order valence-electron chi connectivity index (χ4n) is 4.07. The molecule has 0 radical (unpaired) electrons. The second-order valence-corrected chi connectivity index (χ2v) is 10.0. The summed E-state index contributed by atoms with van der Waals surface area (Å²) in [7, 11) is -2.50. The van der Waals surface area contributed by atoms with Crippen LogP contribution in [-0.2, 0) is 21.4 Å². The third-order valence-corrected chi connectivity index (χ3v) is 7.77. The molecule has 0 aromatic heterocycles. The lowest BCUT2D eigenvalue weighted by Gasteiger charge is -2.32. The van der Waals surface area contributed by atoms with E-state index in [1.54, 1.807) is 24.3 Å². The van der Waals surface area contributed by atoms with Gasteiger partial charge in [-0.15, -0.1) is 0 Å². The molecule has 0 heterocycles. The van der Waals surface area contributed by atoms with Gasteiger partial charge in [-0.25, -0.2) is 8.42 Å². The summed E-state index contributed by atoms with van der Waals surface area (Å²) in [6.45, 7) is 0.277. The first-order valence-corrected chi connectivity index (χ1v) is 12.0. The Kier molecular flexibility index (Phi) is 8.01. The number of nitrogens with one attached hydrogen (secondary N) is 1. The van der Waals surface area contributed by atoms with Crippen molar-refractivity contribution in [3.63, 3.8) is 0 Å². The SMILES string of the molecule is COc1ccc(CN(CC2CCC(C(=O)N[O-])CC2)S(=O)(=O)c2cccc([N+](=O)[O-])c2)cc1. The van der Waals surface area contributed by atoms with E-state index in [9.17, 15) is 28.5 Å². The highest BCUT2D eigenvalue weighted by Crippen LogP contribution is 2.32. The molecular weight excluding hydrogens is 450 g/mol. The lowest BCUT2D eigenvalue weighted by molar-refractivity contribution is -0.385. The Morgan fingerprint density at radius 2 is 1.82 bits per heavy atom. The van der Waals surface area contributed by atoms with Gasteiger partial charge in [-0.2, -0.15) is 4.31 Å². The van der Waals surface area contributed by atoms with Crippen molar-refractivity contribution in [2.24, 2.45) is 11.8 Å². The lowest BCUT2D eigenvalue weighted by Crippen LogP contribution is -2.37. The number of benzene rings is 2. The number of nitrogens with zero attached hydrogens (tertiary/aromatic N) is 2. The topological polar surface area (TPSA) is 142 Å². The van der Waals surface area contributed by atoms with E-state index in [1.165, 1.54) is 35.1 Å². The minimum Gasteiger partial charge on any atom is -0.759 e. The molecule has 1 aliphatic carbocycles. The van der Waals surface area contributed by atoms with Gasteiger partial charge in [-0.05, 0) is 55.4 Å². The van der Waals surface area contributed by atoms with Crippen molar-refractivity contribution in [2.75, 3.05) is 13.7 Å². The first kappa shape index (κ1) is 24.6. The number of carbonyl (C=O) groups excluding carboxylic acids is 1. The summed E-state index contributed by atoms with van der Waals surface area (Å²) in [6, 6.07) is 12.0. The highest BCUT2D eigenvalue weighted by molar-refractivity contribution is 7.89. The normalized spacial score (nSPS) is 18.6. The predicted octanol–water partition coefficient (Wildman–Crippen LogP) is 3.21. The van der Waals surface area contributed by atoms with Gasteiger partial charge < -0.3 is 15.4 Å². The summed E-state index contributed by atoms with van der Waals surface area (Å²) in [5, 5.41) is 21.8. The Morgan fingerprint density at radius 3 is 2.39 bits per heavy atom. The van der Waals surface area contributed by atoms with Gasteiger partial charge in [0.1, 0.15) is 5.75 Å². The zero-order chi connectivity index (χ0) is 24.0. The molecule has 1 N–H and O–H groups in total. The Balaban J connectivity index is 1.85. The van der Waals surface area contributed by atoms with Gasteiger partial charge in [0.2, 0.25) is 15.9 Å². The van der Waals surface area contributed by atoms with Crippen LogP contribution in [0.25, 0.3) is 0 Å². The lowest BCUT2D eigenvalue weighted by atomic mass is 9.81. The predicted molar refractivity (Wildman–Crippen MR) is 121 cm³/mol. The van der Waals surface area contributed by atoms with Crippen molar-refractivity contribution < 1.29 is 22.9 Å². The second kappa shape index (κ2) is 10.7. The maximum Gasteiger partial charge on any atom is 0.270 e. The van der Waals surface area contributed by atoms with Crippen LogP contribution in [0.1, 0.15) is 31.2 Å². The summed E-state index contributed by atoms with van der Waals surface area (Å²) in [5.74, 6) is -0.260. The van der Waals surface area contributed by atoms with E-state index in [1.807, 2.05) is 0 Å². The van der Waals surface area contributed by atoms with Crippen molar-refractivity contribution in [3.05, 3.63) is 69.4 Å². The number of non-ortho nitro benzene ring substituents is 1. The smallest absolute Gasteiger partial charge is 0.270 e. The average Bonchev–Trinajstić information content (AvgIpc) is 2.84. The summed E-state index contributed by atoms with van der Waals surface area (Å²) >= 11 is 0. The van der Waals surface area contributed by atoms with Gasteiger partial charge in [0.05, 0.1) is 16.9 Å². The van der Waals surface area contributed by atoms with Crippen LogP contribution in [0.15, 0.2) is 53.4 Å². The molecule has 0 spiro atoms. The van der Waals surface area contributed by atoms with Crippen LogP contribution in [0, 0.1) is 27.2 Å². The van der Waals surface area contributed by atoms with Crippen molar-refractivity contribution >= 4 is 21.6 Å². The van der Waals surface area contributed by atoms with Crippen molar-refractivity contribution in [1.29, 1.82) is 0 Å². The van der Waals surface area contributed by atoms with Crippen LogP contribution in [0.5, 0.6) is 5.75 Å². The van der Waals surface area contributed by atoms with Crippen LogP contribution in [0.3, 0.4) is 0 Å². The number of hydrogen-bond acceptors (Lipinski definition) is 7. The monoisotopic (exact) mass is 476 g/mol. The number of sulfonamides is 1. The summed E-state index contributed by atoms with van der Waals surface area (Å²) in [6.07, 6.45) is 2.21. The number of rotatable bonds is 9. The standard InChI is InChI=1S/C22H26N3O7S/c1-32-20-11-7-17(8-12-20)15-24(14-16-5-9-18(10-6-16)22(26)23-27)33(30,31)21-4-2-3-19(13-21)25(28)29/h2-4,7-8,11-13,16,18H,5-6,9-10,14-15H2,1H3,(H-,23,26,27)/q-1. The van der Waals surface area contributed by atoms with Gasteiger partial charge >= 0.3 is 0 Å². The molecule has 1 fully saturated rings. The number of amides is 1. The van der Waals surface area contributed by atoms with Gasteiger partial charge in [-0.1, -0.05) is 18.2 Å². The molecule has 1 aliphatic rings. The Hall–Kier alpha value is -3.02. The highest BCUT2D eigenvalue weighted by atomic mass is 32.2. The molecule has 0 saturated heterocycles. The van der Waals surface area contributed by atoms with Gasteiger partial charge in [-0.3, -0.25) is 14.9 Å². The van der Waals surface area contributed by atoms with Crippen LogP contribution in [0.2, 0.25) is 0 Å². The molecule has 33 heavy (non-hydrogen) atoms. The Labute approximate surface area is 192 Å². The zero-order valence-corrected chi connectivity index (χ0v) is 19.0. The summed E-state index contributed by atoms with van der Waals surface area (Å²) in [4.78, 5) is 22.0. The maximum absolute atomic E-state index is 13.5. The minimum atomic E-state index is -4.04. The molecule has 0 atom stereocenters. The Bertz CT molecular complexity index is 1080. The van der Waals surface area contributed by atoms with E-state index in [0.717, 1.165) is 11.6 Å². The molecule has 2 aromatic carbocycles. The molecule has 1 amide bonds. The van der Waals surface area contributed by atoms with Crippen molar-refractivity contribution in [3.8, 4) is 5.75 Å². The zero-order valence-electron chi connectivity index (χ0n) is 18.2. The molecular formula is C22H26N3O7S-.